The Labute approximate surface area is 140 Å². The lowest BCUT2D eigenvalue weighted by Gasteiger charge is -2.39. The van der Waals surface area contributed by atoms with Crippen LogP contribution in [0.25, 0.3) is 0 Å². The Morgan fingerprint density at radius 3 is 1.96 bits per heavy atom. The van der Waals surface area contributed by atoms with Crippen molar-refractivity contribution in [3.8, 4) is 0 Å². The molecule has 0 aromatic heterocycles. The number of hydrogen-bond donors (Lipinski definition) is 2. The molecule has 1 atom stereocenters. The Hall–Kier alpha value is -1.82. The van der Waals surface area contributed by atoms with E-state index in [9.17, 15) is 19.0 Å². The highest BCUT2D eigenvalue weighted by atomic mass is 19.1. The van der Waals surface area contributed by atoms with Gasteiger partial charge in [0.2, 0.25) is 0 Å². The van der Waals surface area contributed by atoms with Crippen LogP contribution < -0.4 is 0 Å². The van der Waals surface area contributed by atoms with Crippen LogP contribution in [-0.2, 0) is 5.60 Å². The normalized spacial score (nSPS) is 19.2. The molecule has 0 unspecified atom stereocenters. The molecule has 0 radical (unpaired) electrons. The summed E-state index contributed by atoms with van der Waals surface area (Å²) in [6, 6.07) is 11.8. The van der Waals surface area contributed by atoms with E-state index in [1.165, 1.54) is 24.3 Å². The van der Waals surface area contributed by atoms with Crippen LogP contribution in [0.2, 0.25) is 0 Å². The predicted molar refractivity (Wildman–Crippen MR) is 87.3 cm³/mol. The Bertz CT molecular complexity index is 665. The fourth-order valence-corrected chi connectivity index (χ4v) is 3.19. The van der Waals surface area contributed by atoms with Crippen LogP contribution in [0, 0.1) is 11.6 Å². The molecule has 3 nitrogen and oxygen atoms in total. The summed E-state index contributed by atoms with van der Waals surface area (Å²) >= 11 is 0. The van der Waals surface area contributed by atoms with Gasteiger partial charge in [-0.2, -0.15) is 0 Å². The number of likely N-dealkylation sites (tertiary alicyclic amines) is 1. The van der Waals surface area contributed by atoms with Crippen molar-refractivity contribution in [3.63, 3.8) is 0 Å². The second kappa shape index (κ2) is 6.97. The molecule has 1 aliphatic heterocycles. The van der Waals surface area contributed by atoms with E-state index in [4.69, 9.17) is 0 Å². The lowest BCUT2D eigenvalue weighted by Crippen LogP contribution is -2.43. The molecule has 0 amide bonds. The highest BCUT2D eigenvalue weighted by molar-refractivity contribution is 5.24. The van der Waals surface area contributed by atoms with Gasteiger partial charge in [0, 0.05) is 19.6 Å². The highest BCUT2D eigenvalue weighted by Crippen LogP contribution is 2.33. The predicted octanol–water partition coefficient (Wildman–Crippen LogP) is 2.98. The second-order valence-corrected chi connectivity index (χ2v) is 6.41. The van der Waals surface area contributed by atoms with Crippen LogP contribution in [0.15, 0.2) is 48.5 Å². The number of rotatable bonds is 4. The first-order valence-electron chi connectivity index (χ1n) is 8.11. The van der Waals surface area contributed by atoms with Crippen molar-refractivity contribution in [2.75, 3.05) is 19.6 Å². The van der Waals surface area contributed by atoms with Crippen LogP contribution in [0.1, 0.15) is 30.1 Å². The number of halogens is 2. The van der Waals surface area contributed by atoms with Crippen molar-refractivity contribution in [2.45, 2.75) is 24.5 Å². The molecule has 0 spiro atoms. The minimum Gasteiger partial charge on any atom is -0.387 e. The van der Waals surface area contributed by atoms with Gasteiger partial charge in [0.15, 0.2) is 0 Å². The number of β-amino-alcohol motifs (C(OH)–C–C–N with tert-alkyl or cyclic N) is 1. The minimum absolute atomic E-state index is 0.317. The minimum atomic E-state index is -0.953. The van der Waals surface area contributed by atoms with Crippen LogP contribution in [0.4, 0.5) is 8.78 Å². The summed E-state index contributed by atoms with van der Waals surface area (Å²) in [4.78, 5) is 2.08. The van der Waals surface area contributed by atoms with E-state index in [1.54, 1.807) is 24.3 Å². The van der Waals surface area contributed by atoms with E-state index in [1.807, 2.05) is 0 Å². The monoisotopic (exact) mass is 333 g/mol. The summed E-state index contributed by atoms with van der Waals surface area (Å²) < 4.78 is 26.0. The number of nitrogens with zero attached hydrogens (tertiary/aromatic N) is 1. The summed E-state index contributed by atoms with van der Waals surface area (Å²) in [5.74, 6) is -0.643. The van der Waals surface area contributed by atoms with Crippen molar-refractivity contribution in [3.05, 3.63) is 71.3 Å². The summed E-state index contributed by atoms with van der Waals surface area (Å²) in [6.07, 6.45) is 0.353. The van der Waals surface area contributed by atoms with Gasteiger partial charge in [0.1, 0.15) is 11.6 Å². The van der Waals surface area contributed by atoms with Gasteiger partial charge in [0.05, 0.1) is 11.7 Å². The van der Waals surface area contributed by atoms with Gasteiger partial charge in [-0.05, 0) is 48.2 Å². The van der Waals surface area contributed by atoms with Gasteiger partial charge in [-0.3, -0.25) is 0 Å². The summed E-state index contributed by atoms with van der Waals surface area (Å²) in [6.45, 7) is 1.70. The molecule has 0 aliphatic carbocycles. The molecule has 0 saturated carbocycles. The number of benzene rings is 2. The maximum atomic E-state index is 13.0. The number of aliphatic hydroxyl groups excluding tert-OH is 1. The molecule has 3 rings (SSSR count). The van der Waals surface area contributed by atoms with Crippen LogP contribution >= 0.6 is 0 Å². The lowest BCUT2D eigenvalue weighted by molar-refractivity contribution is -0.0345. The molecular formula is C19H21F2NO2. The molecule has 2 aromatic carbocycles. The average molecular weight is 333 g/mol. The molecule has 1 fully saturated rings. The van der Waals surface area contributed by atoms with Gasteiger partial charge in [-0.15, -0.1) is 0 Å². The first-order chi connectivity index (χ1) is 11.5. The van der Waals surface area contributed by atoms with Crippen LogP contribution in [0.3, 0.4) is 0 Å². The largest absolute Gasteiger partial charge is 0.387 e. The standard InChI is InChI=1S/C19H21F2NO2/c20-16-5-1-14(2-6-16)18(23)13-22-11-9-19(24,10-12-22)15-3-7-17(21)8-4-15/h1-8,18,23-24H,9-13H2/t18-/m1/s1. The van der Waals surface area contributed by atoms with E-state index >= 15 is 0 Å². The molecule has 1 heterocycles. The van der Waals surface area contributed by atoms with Gasteiger partial charge in [-0.1, -0.05) is 24.3 Å². The van der Waals surface area contributed by atoms with Crippen molar-refractivity contribution < 1.29 is 19.0 Å². The molecule has 1 aliphatic rings. The molecule has 5 heteroatoms. The number of hydrogen-bond acceptors (Lipinski definition) is 3. The van der Waals surface area contributed by atoms with E-state index in [0.717, 1.165) is 5.56 Å². The van der Waals surface area contributed by atoms with Crippen LogP contribution in [-0.4, -0.2) is 34.7 Å². The Kier molecular flexibility index (Phi) is 4.94. The zero-order valence-electron chi connectivity index (χ0n) is 13.3. The smallest absolute Gasteiger partial charge is 0.123 e. The fraction of sp³-hybridized carbons (Fsp3) is 0.368. The zero-order chi connectivity index (χ0) is 17.2. The van der Waals surface area contributed by atoms with E-state index in [0.29, 0.717) is 38.0 Å². The SMILES string of the molecule is O[C@H](CN1CCC(O)(c2ccc(F)cc2)CC1)c1ccc(F)cc1. The topological polar surface area (TPSA) is 43.7 Å². The third-order valence-electron chi connectivity index (χ3n) is 4.75. The first-order valence-corrected chi connectivity index (χ1v) is 8.11. The maximum Gasteiger partial charge on any atom is 0.123 e. The third-order valence-corrected chi connectivity index (χ3v) is 4.75. The summed E-state index contributed by atoms with van der Waals surface area (Å²) in [7, 11) is 0. The molecule has 0 bridgehead atoms. The Morgan fingerprint density at radius 2 is 1.42 bits per heavy atom. The van der Waals surface area contributed by atoms with Crippen LogP contribution in [0.5, 0.6) is 0 Å². The molecule has 1 saturated heterocycles. The number of piperidine rings is 1. The van der Waals surface area contributed by atoms with E-state index in [-0.39, 0.29) is 11.6 Å². The highest BCUT2D eigenvalue weighted by Gasteiger charge is 2.34. The maximum absolute atomic E-state index is 13.0. The van der Waals surface area contributed by atoms with Gasteiger partial charge in [0.25, 0.3) is 0 Å². The third kappa shape index (κ3) is 3.80. The zero-order valence-corrected chi connectivity index (χ0v) is 13.3. The first kappa shape index (κ1) is 17.0. The van der Waals surface area contributed by atoms with Crippen molar-refractivity contribution in [1.29, 1.82) is 0 Å². The molecule has 2 N–H and O–H groups in total. The quantitative estimate of drug-likeness (QED) is 0.904. The molecule has 2 aromatic rings. The van der Waals surface area contributed by atoms with E-state index < -0.39 is 11.7 Å². The van der Waals surface area contributed by atoms with Gasteiger partial charge in [-0.25, -0.2) is 8.78 Å². The molecule has 24 heavy (non-hydrogen) atoms. The summed E-state index contributed by atoms with van der Waals surface area (Å²) in [5, 5.41) is 21.1. The average Bonchev–Trinajstić information content (AvgIpc) is 2.58. The van der Waals surface area contributed by atoms with Crippen molar-refractivity contribution >= 4 is 0 Å². The molecule has 128 valence electrons. The van der Waals surface area contributed by atoms with Gasteiger partial charge < -0.3 is 15.1 Å². The summed E-state index contributed by atoms with van der Waals surface area (Å²) in [5.41, 5.74) is 0.448. The fourth-order valence-electron chi connectivity index (χ4n) is 3.19. The lowest BCUT2D eigenvalue weighted by atomic mass is 9.84. The van der Waals surface area contributed by atoms with Crippen molar-refractivity contribution in [2.24, 2.45) is 0 Å². The van der Waals surface area contributed by atoms with Crippen molar-refractivity contribution in [1.82, 2.24) is 4.90 Å². The second-order valence-electron chi connectivity index (χ2n) is 6.41. The van der Waals surface area contributed by atoms with Gasteiger partial charge >= 0.3 is 0 Å². The molecular weight excluding hydrogens is 312 g/mol. The Morgan fingerprint density at radius 1 is 0.917 bits per heavy atom. The van der Waals surface area contributed by atoms with E-state index in [2.05, 4.69) is 4.90 Å². The number of aliphatic hydroxyl groups is 2. The Balaban J connectivity index is 1.58.